The predicted molar refractivity (Wildman–Crippen MR) is 176 cm³/mol. The van der Waals surface area contributed by atoms with Crippen LogP contribution in [-0.4, -0.2) is 42.6 Å². The van der Waals surface area contributed by atoms with Crippen LogP contribution in [0.25, 0.3) is 0 Å². The molecule has 46 heavy (non-hydrogen) atoms. The van der Waals surface area contributed by atoms with Gasteiger partial charge in [0.05, 0.1) is 31.3 Å². The predicted octanol–water partition coefficient (Wildman–Crippen LogP) is 6.77. The molecule has 0 saturated heterocycles. The molecule has 3 rings (SSSR count). The zero-order chi connectivity index (χ0) is 34.0. The monoisotopic (exact) mass is 636 g/mol. The highest BCUT2D eigenvalue weighted by Gasteiger charge is 2.33. The molecule has 2 aliphatic carbocycles. The average molecular weight is 637 g/mol. The molecule has 1 aromatic carbocycles. The second-order valence-corrected chi connectivity index (χ2v) is 12.5. The molecule has 0 saturated carbocycles. The summed E-state index contributed by atoms with van der Waals surface area (Å²) in [6, 6.07) is 5.32. The first kappa shape index (κ1) is 35.8. The van der Waals surface area contributed by atoms with E-state index in [1.165, 1.54) is 13.2 Å². The quantitative estimate of drug-likeness (QED) is 0.0727. The maximum Gasteiger partial charge on any atom is 0.333 e. The molecule has 0 bridgehead atoms. The highest BCUT2D eigenvalue weighted by molar-refractivity contribution is 5.91. The number of anilines is 1. The lowest BCUT2D eigenvalue weighted by molar-refractivity contribution is -0.161. The van der Waals surface area contributed by atoms with Crippen LogP contribution >= 0.6 is 0 Å². The van der Waals surface area contributed by atoms with Gasteiger partial charge in [-0.1, -0.05) is 24.6 Å². The van der Waals surface area contributed by atoms with E-state index in [1.807, 2.05) is 26.0 Å². The summed E-state index contributed by atoms with van der Waals surface area (Å²) < 4.78 is 31.0. The lowest BCUT2D eigenvalue weighted by Crippen LogP contribution is -2.38. The fourth-order valence-electron chi connectivity index (χ4n) is 5.07. The molecule has 0 aliphatic heterocycles. The Morgan fingerprint density at radius 2 is 1.83 bits per heavy atom. The number of benzene rings is 1. The third-order valence-electron chi connectivity index (χ3n) is 7.30. The fourth-order valence-corrected chi connectivity index (χ4v) is 5.07. The highest BCUT2D eigenvalue weighted by Crippen LogP contribution is 2.32. The maximum absolute atomic E-state index is 14.3. The Balaban J connectivity index is 1.73. The number of amides is 2. The summed E-state index contributed by atoms with van der Waals surface area (Å²) in [6.45, 7) is 9.19. The topological polar surface area (TPSA) is 153 Å². The van der Waals surface area contributed by atoms with E-state index < -0.39 is 29.6 Å². The normalized spacial score (nSPS) is 20.4. The van der Waals surface area contributed by atoms with E-state index in [0.717, 1.165) is 11.1 Å². The number of hydrogen-bond donors (Lipinski definition) is 4. The number of nitrogens with one attached hydrogen (secondary N) is 3. The summed E-state index contributed by atoms with van der Waals surface area (Å²) in [5.74, 6) is -1.35. The van der Waals surface area contributed by atoms with Gasteiger partial charge in [-0.15, -0.1) is 0 Å². The van der Waals surface area contributed by atoms with E-state index in [4.69, 9.17) is 25.4 Å². The largest absolute Gasteiger partial charge is 0.466 e. The van der Waals surface area contributed by atoms with Crippen molar-refractivity contribution in [3.8, 4) is 5.75 Å². The minimum atomic E-state index is -0.728. The first-order valence-electron chi connectivity index (χ1n) is 15.2. The van der Waals surface area contributed by atoms with Crippen LogP contribution < -0.4 is 21.1 Å². The summed E-state index contributed by atoms with van der Waals surface area (Å²) in [4.78, 5) is 38.1. The van der Waals surface area contributed by atoms with E-state index in [9.17, 15) is 18.8 Å². The van der Waals surface area contributed by atoms with E-state index in [2.05, 4.69) is 10.6 Å². The van der Waals surface area contributed by atoms with Crippen molar-refractivity contribution in [2.75, 3.05) is 12.4 Å². The van der Waals surface area contributed by atoms with E-state index in [1.54, 1.807) is 57.2 Å². The van der Waals surface area contributed by atoms with Gasteiger partial charge in [0.2, 0.25) is 0 Å². The molecule has 2 amide bonds. The van der Waals surface area contributed by atoms with Crippen LogP contribution in [-0.2, 0) is 19.1 Å². The number of amidine groups is 1. The zero-order valence-electron chi connectivity index (χ0n) is 27.4. The second kappa shape index (κ2) is 16.1. The molecule has 1 aromatic rings. The molecule has 0 aromatic heterocycles. The van der Waals surface area contributed by atoms with Crippen LogP contribution in [0.3, 0.4) is 0 Å². The molecule has 0 spiro atoms. The number of ether oxygens (including phenoxy) is 3. The number of methoxy groups -OCH3 is 1. The molecule has 2 aliphatic rings. The number of rotatable bonds is 10. The molecular formula is C35H45FN4O6. The van der Waals surface area contributed by atoms with E-state index in [0.29, 0.717) is 42.0 Å². The van der Waals surface area contributed by atoms with Gasteiger partial charge < -0.3 is 30.6 Å². The first-order chi connectivity index (χ1) is 21.6. The summed E-state index contributed by atoms with van der Waals surface area (Å²) in [7, 11) is 1.29. The molecule has 248 valence electrons. The molecule has 0 heterocycles. The van der Waals surface area contributed by atoms with Crippen molar-refractivity contribution in [3.05, 3.63) is 83.0 Å². The van der Waals surface area contributed by atoms with E-state index >= 15 is 0 Å². The van der Waals surface area contributed by atoms with Gasteiger partial charge in [-0.05, 0) is 107 Å². The van der Waals surface area contributed by atoms with Crippen molar-refractivity contribution in [2.24, 2.45) is 17.6 Å². The summed E-state index contributed by atoms with van der Waals surface area (Å²) in [6.07, 6.45) is 10.2. The van der Waals surface area contributed by atoms with Crippen molar-refractivity contribution in [1.29, 1.82) is 5.41 Å². The average Bonchev–Trinajstić information content (AvgIpc) is 3.23. The number of carbonyl (C=O) groups excluding carboxylic acids is 3. The van der Waals surface area contributed by atoms with Crippen molar-refractivity contribution in [3.63, 3.8) is 0 Å². The Labute approximate surface area is 270 Å². The molecule has 10 nitrogen and oxygen atoms in total. The third kappa shape index (κ3) is 11.4. The molecular weight excluding hydrogens is 591 g/mol. The van der Waals surface area contributed by atoms with Crippen LogP contribution in [0.2, 0.25) is 0 Å². The molecule has 3 unspecified atom stereocenters. The van der Waals surface area contributed by atoms with Crippen molar-refractivity contribution in [1.82, 2.24) is 5.32 Å². The minimum Gasteiger partial charge on any atom is -0.466 e. The third-order valence-corrected chi connectivity index (χ3v) is 7.30. The molecule has 11 heteroatoms. The first-order valence-corrected chi connectivity index (χ1v) is 15.2. The minimum absolute atomic E-state index is 0.0354. The van der Waals surface area contributed by atoms with Gasteiger partial charge >= 0.3 is 18.0 Å². The van der Waals surface area contributed by atoms with Crippen LogP contribution in [0.4, 0.5) is 14.9 Å². The van der Waals surface area contributed by atoms with Crippen LogP contribution in [0.5, 0.6) is 5.75 Å². The molecule has 5 N–H and O–H groups in total. The Kier molecular flexibility index (Phi) is 12.5. The number of halogens is 1. The van der Waals surface area contributed by atoms with Gasteiger partial charge in [-0.25, -0.2) is 14.0 Å². The van der Waals surface area contributed by atoms with Crippen molar-refractivity contribution < 1.29 is 33.0 Å². The number of hydrogen-bond acceptors (Lipinski definition) is 7. The molecule has 0 fully saturated rings. The smallest absolute Gasteiger partial charge is 0.333 e. The summed E-state index contributed by atoms with van der Waals surface area (Å²) in [5, 5.41) is 13.2. The van der Waals surface area contributed by atoms with E-state index in [-0.39, 0.29) is 36.4 Å². The van der Waals surface area contributed by atoms with Gasteiger partial charge in [0, 0.05) is 11.3 Å². The van der Waals surface area contributed by atoms with Gasteiger partial charge in [0.25, 0.3) is 0 Å². The van der Waals surface area contributed by atoms with Gasteiger partial charge in [0.1, 0.15) is 22.9 Å². The van der Waals surface area contributed by atoms with Crippen molar-refractivity contribution in [2.45, 2.75) is 78.4 Å². The number of esters is 2. The second-order valence-electron chi connectivity index (χ2n) is 12.5. The lowest BCUT2D eigenvalue weighted by Gasteiger charge is -2.26. The SMILES string of the molecule is COC(=O)C1=CC(CC=C(CC(=N)N)Oc2ccc(NC(=O)NC3CC(C)=CCC=C3F)cc2)=CC(C)C(C(=O)OC(C)(C)C)C1. The van der Waals surface area contributed by atoms with Gasteiger partial charge in [-0.2, -0.15) is 0 Å². The number of allylic oxidation sites excluding steroid dienone is 6. The van der Waals surface area contributed by atoms with Crippen LogP contribution in [0.1, 0.15) is 66.7 Å². The van der Waals surface area contributed by atoms with Crippen LogP contribution in [0, 0.1) is 17.2 Å². The Morgan fingerprint density at radius 3 is 2.46 bits per heavy atom. The van der Waals surface area contributed by atoms with Gasteiger partial charge in [-0.3, -0.25) is 10.2 Å². The molecule has 0 radical (unpaired) electrons. The highest BCUT2D eigenvalue weighted by atomic mass is 19.1. The number of nitrogens with two attached hydrogens (primary N) is 1. The van der Waals surface area contributed by atoms with Crippen molar-refractivity contribution >= 4 is 29.5 Å². The number of urea groups is 1. The van der Waals surface area contributed by atoms with Gasteiger partial charge in [0.15, 0.2) is 0 Å². The Hall–Kier alpha value is -4.67. The Morgan fingerprint density at radius 1 is 1.13 bits per heavy atom. The maximum atomic E-state index is 14.3. The number of carbonyl (C=O) groups is 3. The zero-order valence-corrected chi connectivity index (χ0v) is 27.4. The summed E-state index contributed by atoms with van der Waals surface area (Å²) in [5.41, 5.74) is 7.63. The van der Waals surface area contributed by atoms with Crippen LogP contribution in [0.15, 0.2) is 83.0 Å². The lowest BCUT2D eigenvalue weighted by atomic mass is 9.89. The summed E-state index contributed by atoms with van der Waals surface area (Å²) >= 11 is 0. The fraction of sp³-hybridized carbons (Fsp3) is 0.429. The standard InChI is InChI=1S/C35H45FN4O6/c1-21-8-7-9-29(36)30(16-21)40-34(43)39-25-11-14-26(15-12-25)45-27(20-31(37)38)13-10-23-17-22(2)28(33(42)46-35(3,4)5)19-24(18-23)32(41)44-6/h8-9,11-15,17-18,22,28,30H,7,10,16,19-20H2,1-6H3,(H3,37,38)(H2,39,40,43). The molecule has 3 atom stereocenters. The Bertz CT molecular complexity index is 1470.